The quantitative estimate of drug-likeness (QED) is 0.00258. The Balaban J connectivity index is 0.000000524. The van der Waals surface area contributed by atoms with E-state index in [-0.39, 0.29) is 135 Å². The number of carbonyl (C=O) groups is 5. The van der Waals surface area contributed by atoms with E-state index in [2.05, 4.69) is 107 Å². The number of aliphatic carboxylic acids is 1. The number of hydrogen-bond acceptors (Lipinski definition) is 17. The fraction of sp³-hybridized carbons (Fsp3) is 0.267. The number of hydroxylamine groups is 1. The van der Waals surface area contributed by atoms with Crippen molar-refractivity contribution in [3.8, 4) is 84.4 Å². The molecule has 0 aromatic heterocycles. The number of aromatic hydroxyl groups is 1. The molecule has 0 heterocycles. The summed E-state index contributed by atoms with van der Waals surface area (Å²) in [6, 6.07) is 106. The van der Waals surface area contributed by atoms with Gasteiger partial charge in [0.15, 0.2) is 0 Å². The van der Waals surface area contributed by atoms with Crippen molar-refractivity contribution in [2.24, 2.45) is 0 Å². The number of amides is 2. The summed E-state index contributed by atoms with van der Waals surface area (Å²) in [4.78, 5) is 55.6. The standard InChI is InChI=1S/C25H28N2O2.C21H26O3.C19H23NO3.C19H22O3.C12H10O.C6H8N2.C2H6.CH2O3.2K.H/c26-23-12-7-8-13-24(23)27-25(28)14-6-1-2-9-19-29-22-17-15-21(16-18-22)20-10-4-3-5-11-20;1-2-23-21(22)12-8-3-4-9-17-24-20-15-13-19(14-16-20)18-10-6-5-7-11-18;21-19(20-22)10-6-1-2-7-15-23-18-13-11-17(12-14-18)16-8-4-3-5-9-16;20-19(21)10-6-1-2-7-15-22-18-13-11-17(12-14-18)16-8-4-3-5-9-16;13-12-8-6-11(7-9-12)10-4-2-1-3-5-10;7-5-3-1-2-4-6(5)8;1-2;2-1-4-3;;;/h3-5,7-8,10-13,15-18H,1-2,6,9,14,19,26H2,(H,27,28);5-7,10-11,13-16H,2-4,8-9,12,17H2,1H3;3-5,8-9,11-14,22H,1-2,6-7,10,15H2,(H,20,21);3-5,8-9,11-14H,1-2,6-7,10,15H2,(H,20,21);1-9,13H;1-4H,7-8H2;1-2H3;1,3H;;;/q;;;;;;;;2*+1;-1/p-1. The van der Waals surface area contributed by atoms with Crippen LogP contribution in [0.15, 0.2) is 322 Å². The fourth-order valence-corrected chi connectivity index (χ4v) is 12.1. The van der Waals surface area contributed by atoms with Crippen molar-refractivity contribution >= 4 is 53.0 Å². The van der Waals surface area contributed by atoms with Crippen LogP contribution in [-0.4, -0.2) is 78.7 Å². The molecule has 12 aromatic carbocycles. The number of rotatable bonds is 40. The molecule has 20 nitrogen and oxygen atoms in total. The summed E-state index contributed by atoms with van der Waals surface area (Å²) in [7, 11) is 0. The first kappa shape index (κ1) is 111. The number of benzene rings is 12. The maximum absolute atomic E-state index is 12.0. The third kappa shape index (κ3) is 50.6. The summed E-state index contributed by atoms with van der Waals surface area (Å²) in [6.07, 6.45) is 17.0. The second-order valence-corrected chi connectivity index (χ2v) is 28.2. The number of nitrogens with one attached hydrogen (secondary N) is 2. The normalized spacial score (nSPS) is 9.80. The number of carboxylic acid groups (broad SMARTS) is 1. The third-order valence-electron chi connectivity index (χ3n) is 18.8. The Labute approximate surface area is 837 Å². The number of para-hydroxylation sites is 4. The molecule has 127 heavy (non-hydrogen) atoms. The molecule has 0 radical (unpaired) electrons. The molecule has 0 aliphatic heterocycles. The molecule has 0 unspecified atom stereocenters. The van der Waals surface area contributed by atoms with Crippen LogP contribution < -0.4 is 155 Å². The maximum atomic E-state index is 12.0. The van der Waals surface area contributed by atoms with E-state index in [4.69, 9.17) is 66.4 Å². The van der Waals surface area contributed by atoms with E-state index in [1.807, 2.05) is 215 Å². The van der Waals surface area contributed by atoms with Gasteiger partial charge in [0.25, 0.3) is 6.47 Å². The molecule has 2 amide bonds. The van der Waals surface area contributed by atoms with Gasteiger partial charge in [0.05, 0.1) is 55.8 Å². The van der Waals surface area contributed by atoms with Gasteiger partial charge >= 0.3 is 115 Å². The first-order valence-electron chi connectivity index (χ1n) is 42.9. The van der Waals surface area contributed by atoms with Crippen LogP contribution in [0.1, 0.15) is 151 Å². The summed E-state index contributed by atoms with van der Waals surface area (Å²) >= 11 is 0. The molecule has 0 saturated carbocycles. The van der Waals surface area contributed by atoms with Crippen molar-refractivity contribution in [1.29, 1.82) is 0 Å². The molecule has 0 saturated heterocycles. The summed E-state index contributed by atoms with van der Waals surface area (Å²) in [5.41, 5.74) is 32.7. The smallest absolute Gasteiger partial charge is 1.00 e. The van der Waals surface area contributed by atoms with Gasteiger partial charge in [0, 0.05) is 25.7 Å². The first-order chi connectivity index (χ1) is 61.1. The van der Waals surface area contributed by atoms with Crippen molar-refractivity contribution in [3.05, 3.63) is 322 Å². The number of unbranched alkanes of at least 4 members (excludes halogenated alkanes) is 12. The minimum absolute atomic E-state index is 0. The second-order valence-electron chi connectivity index (χ2n) is 28.2. The minimum Gasteiger partial charge on any atom is -1.00 e. The zero-order chi connectivity index (χ0) is 89.8. The zero-order valence-electron chi connectivity index (χ0n) is 75.3. The predicted octanol–water partition coefficient (Wildman–Crippen LogP) is 17.6. The molecule has 12 aromatic rings. The van der Waals surface area contributed by atoms with Crippen LogP contribution >= 0.6 is 0 Å². The van der Waals surface area contributed by atoms with E-state index in [1.54, 1.807) is 35.8 Å². The average Bonchev–Trinajstić information content (AvgIpc) is 0.881. The maximum Gasteiger partial charge on any atom is 1.00 e. The van der Waals surface area contributed by atoms with Crippen LogP contribution in [-0.2, 0) is 33.6 Å². The second kappa shape index (κ2) is 71.6. The fourth-order valence-electron chi connectivity index (χ4n) is 12.1. The molecule has 0 fully saturated rings. The Kier molecular flexibility index (Phi) is 62.4. The van der Waals surface area contributed by atoms with Crippen LogP contribution in [0.5, 0.6) is 28.7 Å². The Morgan fingerprint density at radius 3 is 0.850 bits per heavy atom. The largest absolute Gasteiger partial charge is 1.00 e. The van der Waals surface area contributed by atoms with Crippen LogP contribution in [0.3, 0.4) is 0 Å². The third-order valence-corrected chi connectivity index (χ3v) is 18.8. The van der Waals surface area contributed by atoms with Gasteiger partial charge in [-0.1, -0.05) is 302 Å². The van der Waals surface area contributed by atoms with Gasteiger partial charge in [-0.2, -0.15) is 0 Å². The van der Waals surface area contributed by atoms with E-state index in [0.717, 1.165) is 131 Å². The van der Waals surface area contributed by atoms with Gasteiger partial charge in [0.1, 0.15) is 28.7 Å². The first-order valence-corrected chi connectivity index (χ1v) is 42.9. The summed E-state index contributed by atoms with van der Waals surface area (Å²) in [5.74, 6) is 2.75. The molecule has 0 aliphatic rings. The van der Waals surface area contributed by atoms with Crippen molar-refractivity contribution in [2.45, 2.75) is 149 Å². The Bertz CT molecular complexity index is 4790. The van der Waals surface area contributed by atoms with Crippen LogP contribution in [0.25, 0.3) is 55.6 Å². The van der Waals surface area contributed by atoms with Crippen molar-refractivity contribution < 1.29 is 177 Å². The Morgan fingerprint density at radius 1 is 0.339 bits per heavy atom. The molecule has 662 valence electrons. The minimum atomic E-state index is -0.713. The molecule has 0 aliphatic carbocycles. The topological polar surface area (TPSA) is 327 Å². The number of nitrogens with two attached hydrogens (primary N) is 3. The van der Waals surface area contributed by atoms with Gasteiger partial charge in [-0.25, -0.2) is 5.48 Å². The van der Waals surface area contributed by atoms with Crippen LogP contribution in [0, 0.1) is 0 Å². The van der Waals surface area contributed by atoms with Gasteiger partial charge in [0.2, 0.25) is 11.8 Å². The molecule has 0 bridgehead atoms. The van der Waals surface area contributed by atoms with Gasteiger partial charge < -0.3 is 68.0 Å². The number of carbonyl (C=O) groups excluding carboxylic acids is 4. The number of nitrogen functional groups attached to an aromatic ring is 3. The SMILES string of the molecule is CC.CCOC(=O)CCCCCCOc1ccc(-c2ccccc2)cc1.Nc1ccccc1N.Nc1ccccc1NC(=O)CCCCCCOc1ccc(-c2ccccc2)cc1.O=C(CCCCCCOc1ccc(-c2ccccc2)cc1)NO.O=C(O)CCCCCCOc1ccc(-c2ccccc2)cc1.O=CO[O-].Oc1ccc(-c2ccccc2)cc1.[H-].[K+].[K+]. The average molecular weight is 1780 g/mol. The summed E-state index contributed by atoms with van der Waals surface area (Å²) < 4.78 is 27.9. The summed E-state index contributed by atoms with van der Waals surface area (Å²) in [6.45, 7) is 8.88. The molecular weight excluding hydrogens is 1650 g/mol. The van der Waals surface area contributed by atoms with E-state index in [1.165, 1.54) is 50.1 Å². The molecule has 12 rings (SSSR count). The van der Waals surface area contributed by atoms with Gasteiger partial charge in [-0.05, 0) is 199 Å². The monoisotopic (exact) mass is 1770 g/mol. The van der Waals surface area contributed by atoms with Crippen LogP contribution in [0.4, 0.5) is 22.7 Å². The number of anilines is 4. The number of phenolic OH excluding ortho intramolecular Hbond substituents is 1. The Hall–Kier alpha value is -10.4. The van der Waals surface area contributed by atoms with Crippen LogP contribution in [0.2, 0.25) is 0 Å². The summed E-state index contributed by atoms with van der Waals surface area (Å²) in [5, 5.41) is 37.3. The van der Waals surface area contributed by atoms with E-state index in [9.17, 15) is 19.2 Å². The number of ether oxygens (including phenoxy) is 5. The molecule has 0 atom stereocenters. The zero-order valence-corrected chi connectivity index (χ0v) is 80.6. The van der Waals surface area contributed by atoms with Gasteiger partial charge in [-0.3, -0.25) is 29.2 Å². The number of phenols is 1. The van der Waals surface area contributed by atoms with Crippen molar-refractivity contribution in [3.63, 3.8) is 0 Å². The molecule has 11 N–H and O–H groups in total. The van der Waals surface area contributed by atoms with E-state index >= 15 is 0 Å². The number of hydrogen-bond donors (Lipinski definition) is 8. The molecule has 0 spiro atoms. The Morgan fingerprint density at radius 2 is 0.583 bits per heavy atom. The number of esters is 1. The molecular formula is C105H125K2N5O15. The van der Waals surface area contributed by atoms with Gasteiger partial charge in [-0.15, -0.1) is 0 Å². The van der Waals surface area contributed by atoms with Crippen molar-refractivity contribution in [1.82, 2.24) is 5.48 Å². The number of carboxylic acids is 1. The van der Waals surface area contributed by atoms with Crippen molar-refractivity contribution in [2.75, 3.05) is 55.6 Å². The molecule has 22 heteroatoms. The predicted molar refractivity (Wildman–Crippen MR) is 504 cm³/mol. The van der Waals surface area contributed by atoms with E-state index in [0.29, 0.717) is 80.8 Å². The van der Waals surface area contributed by atoms with E-state index < -0.39 is 5.97 Å².